The highest BCUT2D eigenvalue weighted by Gasteiger charge is 2.07. The van der Waals surface area contributed by atoms with Gasteiger partial charge in [0.15, 0.2) is 0 Å². The van der Waals surface area contributed by atoms with Gasteiger partial charge in [-0.1, -0.05) is 62.4 Å². The Bertz CT molecular complexity index is 758. The molecule has 0 unspecified atom stereocenters. The summed E-state index contributed by atoms with van der Waals surface area (Å²) < 4.78 is 0. The Morgan fingerprint density at radius 2 is 1.71 bits per heavy atom. The van der Waals surface area contributed by atoms with Crippen molar-refractivity contribution in [2.45, 2.75) is 39.3 Å². The molecule has 0 atom stereocenters. The molecule has 2 aromatic carbocycles. The summed E-state index contributed by atoms with van der Waals surface area (Å²) in [6.45, 7) is 5.36. The predicted octanol–water partition coefficient (Wildman–Crippen LogP) is 5.02. The molecule has 3 heteroatoms. The minimum absolute atomic E-state index is 0.588. The van der Waals surface area contributed by atoms with Crippen molar-refractivity contribution >= 4 is 0 Å². The molecule has 0 bridgehead atoms. The molecule has 0 aliphatic rings. The molecule has 3 nitrogen and oxygen atoms in total. The third-order valence-corrected chi connectivity index (χ3v) is 4.44. The van der Waals surface area contributed by atoms with E-state index in [-0.39, 0.29) is 0 Å². The summed E-state index contributed by atoms with van der Waals surface area (Å²) in [5.41, 5.74) is 4.64. The van der Waals surface area contributed by atoms with Crippen molar-refractivity contribution in [1.82, 2.24) is 15.3 Å². The first kappa shape index (κ1) is 16.5. The molecule has 0 aliphatic carbocycles. The summed E-state index contributed by atoms with van der Waals surface area (Å²) in [6, 6.07) is 19.5. The van der Waals surface area contributed by atoms with Crippen LogP contribution in [0, 0.1) is 0 Å². The Balaban J connectivity index is 1.76. The van der Waals surface area contributed by atoms with Crippen LogP contribution in [0.1, 0.15) is 32.3 Å². The van der Waals surface area contributed by atoms with E-state index in [4.69, 9.17) is 0 Å². The van der Waals surface area contributed by atoms with Crippen molar-refractivity contribution < 1.29 is 0 Å². The van der Waals surface area contributed by atoms with Gasteiger partial charge >= 0.3 is 0 Å². The van der Waals surface area contributed by atoms with E-state index in [1.165, 1.54) is 11.1 Å². The number of hydrogen-bond acceptors (Lipinski definition) is 2. The van der Waals surface area contributed by atoms with Crippen LogP contribution in [0.4, 0.5) is 0 Å². The van der Waals surface area contributed by atoms with Gasteiger partial charge < -0.3 is 10.3 Å². The highest BCUT2D eigenvalue weighted by Crippen LogP contribution is 2.22. The lowest BCUT2D eigenvalue weighted by atomic mass is 10.1. The molecule has 24 heavy (non-hydrogen) atoms. The van der Waals surface area contributed by atoms with Gasteiger partial charge in [0.05, 0.1) is 11.9 Å². The molecule has 124 valence electrons. The zero-order chi connectivity index (χ0) is 16.8. The van der Waals surface area contributed by atoms with Crippen molar-refractivity contribution in [3.63, 3.8) is 0 Å². The lowest BCUT2D eigenvalue weighted by molar-refractivity contribution is 0.484. The second-order valence-electron chi connectivity index (χ2n) is 6.11. The molecule has 0 spiro atoms. The van der Waals surface area contributed by atoms with Crippen molar-refractivity contribution in [2.24, 2.45) is 0 Å². The number of hydrogen-bond donors (Lipinski definition) is 2. The monoisotopic (exact) mass is 319 g/mol. The fourth-order valence-corrected chi connectivity index (χ4v) is 2.90. The quantitative estimate of drug-likeness (QED) is 0.642. The highest BCUT2D eigenvalue weighted by molar-refractivity contribution is 5.64. The maximum absolute atomic E-state index is 4.52. The van der Waals surface area contributed by atoms with Crippen molar-refractivity contribution in [3.8, 4) is 22.6 Å². The number of aromatic nitrogens is 2. The lowest BCUT2D eigenvalue weighted by Gasteiger charge is -2.14. The molecule has 0 saturated carbocycles. The molecule has 1 aromatic heterocycles. The number of rotatable bonds is 7. The average molecular weight is 319 g/mol. The third kappa shape index (κ3) is 3.92. The Labute approximate surface area is 144 Å². The average Bonchev–Trinajstić information content (AvgIpc) is 3.14. The van der Waals surface area contributed by atoms with E-state index in [1.54, 1.807) is 0 Å². The Hall–Kier alpha value is -2.39. The van der Waals surface area contributed by atoms with Gasteiger partial charge in [0, 0.05) is 18.2 Å². The second kappa shape index (κ2) is 7.93. The standard InChI is InChI=1S/C21H25N3/c1-3-19(4-2)22-14-16-9-8-12-18(13-16)20-15-23-21(24-20)17-10-6-5-7-11-17/h5-13,15,19,22H,3-4,14H2,1-2H3,(H,23,24). The van der Waals surface area contributed by atoms with Crippen LogP contribution in [0.15, 0.2) is 60.8 Å². The van der Waals surface area contributed by atoms with Gasteiger partial charge in [0.1, 0.15) is 5.82 Å². The van der Waals surface area contributed by atoms with E-state index < -0.39 is 0 Å². The van der Waals surface area contributed by atoms with Gasteiger partial charge in [-0.3, -0.25) is 0 Å². The summed E-state index contributed by atoms with van der Waals surface area (Å²) in [7, 11) is 0. The molecule has 0 aliphatic heterocycles. The SMILES string of the molecule is CCC(CC)NCc1cccc(-c2cnc(-c3ccccc3)[nH]2)c1. The highest BCUT2D eigenvalue weighted by atomic mass is 14.9. The molecule has 0 amide bonds. The minimum atomic E-state index is 0.588. The zero-order valence-electron chi connectivity index (χ0n) is 14.4. The molecule has 0 fully saturated rings. The second-order valence-corrected chi connectivity index (χ2v) is 6.11. The van der Waals surface area contributed by atoms with E-state index in [0.717, 1.165) is 36.5 Å². The number of aromatic amines is 1. The van der Waals surface area contributed by atoms with Crippen LogP contribution < -0.4 is 5.32 Å². The van der Waals surface area contributed by atoms with Crippen LogP contribution in [0.25, 0.3) is 22.6 Å². The van der Waals surface area contributed by atoms with Crippen molar-refractivity contribution in [3.05, 3.63) is 66.4 Å². The van der Waals surface area contributed by atoms with Gasteiger partial charge in [-0.15, -0.1) is 0 Å². The van der Waals surface area contributed by atoms with Crippen LogP contribution in [-0.2, 0) is 6.54 Å². The molecule has 2 N–H and O–H groups in total. The van der Waals surface area contributed by atoms with Crippen LogP contribution in [0.2, 0.25) is 0 Å². The van der Waals surface area contributed by atoms with E-state index in [2.05, 4.69) is 65.5 Å². The zero-order valence-corrected chi connectivity index (χ0v) is 14.4. The van der Waals surface area contributed by atoms with Gasteiger partial charge in [0.2, 0.25) is 0 Å². The Kier molecular flexibility index (Phi) is 5.44. The first-order chi connectivity index (χ1) is 11.8. The van der Waals surface area contributed by atoms with Crippen LogP contribution in [-0.4, -0.2) is 16.0 Å². The van der Waals surface area contributed by atoms with Crippen molar-refractivity contribution in [2.75, 3.05) is 0 Å². The summed E-state index contributed by atoms with van der Waals surface area (Å²) in [6.07, 6.45) is 4.24. The van der Waals surface area contributed by atoms with E-state index >= 15 is 0 Å². The predicted molar refractivity (Wildman–Crippen MR) is 101 cm³/mol. The number of nitrogens with one attached hydrogen (secondary N) is 2. The first-order valence-electron chi connectivity index (χ1n) is 8.73. The van der Waals surface area contributed by atoms with E-state index in [0.29, 0.717) is 6.04 Å². The summed E-state index contributed by atoms with van der Waals surface area (Å²) in [4.78, 5) is 7.95. The normalized spacial score (nSPS) is 11.1. The van der Waals surface area contributed by atoms with Crippen LogP contribution in [0.5, 0.6) is 0 Å². The van der Waals surface area contributed by atoms with Gasteiger partial charge in [-0.05, 0) is 30.0 Å². The number of imidazole rings is 1. The summed E-state index contributed by atoms with van der Waals surface area (Å²) in [5.74, 6) is 0.908. The number of benzene rings is 2. The maximum atomic E-state index is 4.52. The Morgan fingerprint density at radius 1 is 0.958 bits per heavy atom. The fourth-order valence-electron chi connectivity index (χ4n) is 2.90. The molecule has 0 radical (unpaired) electrons. The van der Waals surface area contributed by atoms with E-state index in [9.17, 15) is 0 Å². The molecular formula is C21H25N3. The summed E-state index contributed by atoms with van der Waals surface area (Å²) in [5, 5.41) is 3.62. The molecular weight excluding hydrogens is 294 g/mol. The smallest absolute Gasteiger partial charge is 0.137 e. The molecule has 0 saturated heterocycles. The van der Waals surface area contributed by atoms with E-state index in [1.807, 2.05) is 24.4 Å². The minimum Gasteiger partial charge on any atom is -0.338 e. The van der Waals surface area contributed by atoms with Gasteiger partial charge in [-0.2, -0.15) is 0 Å². The third-order valence-electron chi connectivity index (χ3n) is 4.44. The largest absolute Gasteiger partial charge is 0.338 e. The number of H-pyrrole nitrogens is 1. The topological polar surface area (TPSA) is 40.7 Å². The van der Waals surface area contributed by atoms with Crippen molar-refractivity contribution in [1.29, 1.82) is 0 Å². The lowest BCUT2D eigenvalue weighted by Crippen LogP contribution is -2.26. The van der Waals surface area contributed by atoms with Gasteiger partial charge in [-0.25, -0.2) is 4.98 Å². The molecule has 1 heterocycles. The summed E-state index contributed by atoms with van der Waals surface area (Å²) >= 11 is 0. The van der Waals surface area contributed by atoms with Crippen LogP contribution >= 0.6 is 0 Å². The fraction of sp³-hybridized carbons (Fsp3) is 0.286. The maximum Gasteiger partial charge on any atom is 0.137 e. The number of nitrogens with zero attached hydrogens (tertiary/aromatic N) is 1. The van der Waals surface area contributed by atoms with Crippen LogP contribution in [0.3, 0.4) is 0 Å². The Morgan fingerprint density at radius 3 is 2.46 bits per heavy atom. The molecule has 3 rings (SSSR count). The first-order valence-corrected chi connectivity index (χ1v) is 8.73. The van der Waals surface area contributed by atoms with Gasteiger partial charge in [0.25, 0.3) is 0 Å². The molecule has 3 aromatic rings.